The summed E-state index contributed by atoms with van der Waals surface area (Å²) in [5.41, 5.74) is 0.538. The van der Waals surface area contributed by atoms with Crippen LogP contribution in [0.1, 0.15) is 24.5 Å². The number of nitrogens with one attached hydrogen (secondary N) is 1. The molecule has 4 nitrogen and oxygen atoms in total. The molecule has 0 bridgehead atoms. The minimum absolute atomic E-state index is 0.0483. The van der Waals surface area contributed by atoms with Crippen molar-refractivity contribution in [2.75, 3.05) is 13.7 Å². The molecule has 1 aromatic carbocycles. The van der Waals surface area contributed by atoms with E-state index in [1.165, 1.54) is 19.2 Å². The van der Waals surface area contributed by atoms with Crippen molar-refractivity contribution in [3.63, 3.8) is 0 Å². The van der Waals surface area contributed by atoms with Crippen LogP contribution in [0, 0.1) is 0 Å². The number of halogens is 2. The average Bonchev–Trinajstić information content (AvgIpc) is 2.91. The molecule has 2 N–H and O–H groups in total. The summed E-state index contributed by atoms with van der Waals surface area (Å²) in [5.74, 6) is 0.155. The maximum absolute atomic E-state index is 12.3. The first-order chi connectivity index (χ1) is 9.11. The van der Waals surface area contributed by atoms with Crippen LogP contribution in [0.5, 0.6) is 11.5 Å². The Labute approximate surface area is 110 Å². The third kappa shape index (κ3) is 3.33. The van der Waals surface area contributed by atoms with Gasteiger partial charge in [-0.2, -0.15) is 8.78 Å². The Morgan fingerprint density at radius 1 is 1.37 bits per heavy atom. The molecule has 106 valence electrons. The Balaban J connectivity index is 2.20. The maximum Gasteiger partial charge on any atom is 0.387 e. The van der Waals surface area contributed by atoms with E-state index in [9.17, 15) is 13.9 Å². The monoisotopic (exact) mass is 273 g/mol. The van der Waals surface area contributed by atoms with E-state index < -0.39 is 12.7 Å². The highest BCUT2D eigenvalue weighted by atomic mass is 19.3. The lowest BCUT2D eigenvalue weighted by molar-refractivity contribution is -0.0513. The molecule has 19 heavy (non-hydrogen) atoms. The number of rotatable bonds is 5. The number of ether oxygens (including phenoxy) is 2. The van der Waals surface area contributed by atoms with Crippen molar-refractivity contribution >= 4 is 0 Å². The highest BCUT2D eigenvalue weighted by Gasteiger charge is 2.25. The molecule has 1 aliphatic heterocycles. The van der Waals surface area contributed by atoms with Gasteiger partial charge in [-0.05, 0) is 37.1 Å². The van der Waals surface area contributed by atoms with Crippen molar-refractivity contribution in [1.82, 2.24) is 5.32 Å². The molecule has 1 saturated heterocycles. The van der Waals surface area contributed by atoms with Crippen molar-refractivity contribution in [2.45, 2.75) is 31.6 Å². The lowest BCUT2D eigenvalue weighted by Crippen LogP contribution is -2.28. The predicted molar refractivity (Wildman–Crippen MR) is 65.6 cm³/mol. The molecule has 1 aliphatic rings. The number of methoxy groups -OCH3 is 1. The van der Waals surface area contributed by atoms with Gasteiger partial charge in [0, 0.05) is 6.04 Å². The van der Waals surface area contributed by atoms with E-state index in [0.29, 0.717) is 5.56 Å². The molecule has 2 rings (SSSR count). The Morgan fingerprint density at radius 2 is 2.16 bits per heavy atom. The third-order valence-electron chi connectivity index (χ3n) is 3.22. The molecule has 0 aromatic heterocycles. The van der Waals surface area contributed by atoms with Crippen molar-refractivity contribution in [3.8, 4) is 11.5 Å². The first-order valence-electron chi connectivity index (χ1n) is 6.16. The van der Waals surface area contributed by atoms with Crippen LogP contribution >= 0.6 is 0 Å². The molecule has 0 spiro atoms. The molecule has 1 aromatic rings. The van der Waals surface area contributed by atoms with Crippen LogP contribution in [0.2, 0.25) is 0 Å². The highest BCUT2D eigenvalue weighted by molar-refractivity contribution is 5.43. The van der Waals surface area contributed by atoms with Crippen LogP contribution in [0.15, 0.2) is 18.2 Å². The Hall–Kier alpha value is -1.40. The number of alkyl halides is 2. The van der Waals surface area contributed by atoms with E-state index in [0.717, 1.165) is 19.4 Å². The minimum atomic E-state index is -2.93. The zero-order chi connectivity index (χ0) is 13.8. The summed E-state index contributed by atoms with van der Waals surface area (Å²) in [6, 6.07) is 4.52. The largest absolute Gasteiger partial charge is 0.493 e. The van der Waals surface area contributed by atoms with Crippen molar-refractivity contribution in [1.29, 1.82) is 0 Å². The zero-order valence-electron chi connectivity index (χ0n) is 10.6. The molecular formula is C13H17F2NO3. The van der Waals surface area contributed by atoms with Gasteiger partial charge in [0.05, 0.1) is 13.2 Å². The number of aliphatic hydroxyl groups excluding tert-OH is 1. The van der Waals surface area contributed by atoms with Gasteiger partial charge >= 0.3 is 6.61 Å². The fourth-order valence-electron chi connectivity index (χ4n) is 2.28. The van der Waals surface area contributed by atoms with E-state index in [1.54, 1.807) is 6.07 Å². The molecule has 0 radical (unpaired) electrons. The second kappa shape index (κ2) is 6.16. The molecule has 0 aliphatic carbocycles. The van der Waals surface area contributed by atoms with Crippen LogP contribution < -0.4 is 14.8 Å². The van der Waals surface area contributed by atoms with Gasteiger partial charge < -0.3 is 19.9 Å². The number of hydrogen-bond donors (Lipinski definition) is 2. The normalized spacial score (nSPS) is 20.6. The number of benzene rings is 1. The molecule has 1 heterocycles. The summed E-state index contributed by atoms with van der Waals surface area (Å²) >= 11 is 0. The summed E-state index contributed by atoms with van der Waals surface area (Å²) in [7, 11) is 1.38. The molecule has 2 atom stereocenters. The van der Waals surface area contributed by atoms with Gasteiger partial charge in [-0.3, -0.25) is 0 Å². The second-order valence-electron chi connectivity index (χ2n) is 4.44. The molecule has 6 heteroatoms. The summed E-state index contributed by atoms with van der Waals surface area (Å²) in [5, 5.41) is 13.4. The van der Waals surface area contributed by atoms with Gasteiger partial charge in [-0.1, -0.05) is 6.07 Å². The van der Waals surface area contributed by atoms with Crippen molar-refractivity contribution in [3.05, 3.63) is 23.8 Å². The minimum Gasteiger partial charge on any atom is -0.493 e. The summed E-state index contributed by atoms with van der Waals surface area (Å²) in [6.45, 7) is -2.07. The van der Waals surface area contributed by atoms with Crippen LogP contribution in [0.4, 0.5) is 8.78 Å². The lowest BCUT2D eigenvalue weighted by atomic mass is 10.0. The topological polar surface area (TPSA) is 50.7 Å². The average molecular weight is 273 g/mol. The van der Waals surface area contributed by atoms with Crippen LogP contribution in [-0.2, 0) is 0 Å². The Kier molecular flexibility index (Phi) is 4.55. The van der Waals surface area contributed by atoms with Crippen molar-refractivity contribution in [2.24, 2.45) is 0 Å². The van der Waals surface area contributed by atoms with Gasteiger partial charge in [0.15, 0.2) is 11.5 Å². The quantitative estimate of drug-likeness (QED) is 0.862. The smallest absolute Gasteiger partial charge is 0.387 e. The third-order valence-corrected chi connectivity index (χ3v) is 3.22. The van der Waals surface area contributed by atoms with Gasteiger partial charge in [-0.15, -0.1) is 0 Å². The van der Waals surface area contributed by atoms with Gasteiger partial charge in [0.2, 0.25) is 0 Å². The molecular weight excluding hydrogens is 256 g/mol. The molecule has 2 unspecified atom stereocenters. The van der Waals surface area contributed by atoms with E-state index in [1.807, 2.05) is 0 Å². The fraction of sp³-hybridized carbons (Fsp3) is 0.538. The standard InChI is InChI=1S/C13H17F2NO3/c1-18-10-5-4-8(7-11(10)19-13(14)15)12(17)9-3-2-6-16-9/h4-5,7,9,12-13,16-17H,2-3,6H2,1H3. The predicted octanol–water partition coefficient (Wildman–Crippen LogP) is 2.08. The number of aliphatic hydroxyl groups is 1. The SMILES string of the molecule is COc1ccc(C(O)C2CCCN2)cc1OC(F)F. The van der Waals surface area contributed by atoms with Gasteiger partial charge in [0.1, 0.15) is 0 Å². The maximum atomic E-state index is 12.3. The Morgan fingerprint density at radius 3 is 2.74 bits per heavy atom. The van der Waals surface area contributed by atoms with E-state index in [4.69, 9.17) is 4.74 Å². The lowest BCUT2D eigenvalue weighted by Gasteiger charge is -2.20. The fourth-order valence-corrected chi connectivity index (χ4v) is 2.28. The van der Waals surface area contributed by atoms with Crippen LogP contribution in [0.3, 0.4) is 0 Å². The first-order valence-corrected chi connectivity index (χ1v) is 6.16. The van der Waals surface area contributed by atoms with E-state index in [2.05, 4.69) is 10.1 Å². The number of hydrogen-bond acceptors (Lipinski definition) is 4. The van der Waals surface area contributed by atoms with E-state index >= 15 is 0 Å². The summed E-state index contributed by atoms with van der Waals surface area (Å²) in [4.78, 5) is 0. The zero-order valence-corrected chi connectivity index (χ0v) is 10.6. The van der Waals surface area contributed by atoms with Crippen molar-refractivity contribution < 1.29 is 23.4 Å². The van der Waals surface area contributed by atoms with Crippen LogP contribution in [0.25, 0.3) is 0 Å². The highest BCUT2D eigenvalue weighted by Crippen LogP contribution is 2.33. The molecule has 0 saturated carbocycles. The van der Waals surface area contributed by atoms with E-state index in [-0.39, 0.29) is 17.5 Å². The second-order valence-corrected chi connectivity index (χ2v) is 4.44. The van der Waals surface area contributed by atoms with Gasteiger partial charge in [-0.25, -0.2) is 0 Å². The summed E-state index contributed by atoms with van der Waals surface area (Å²) in [6.07, 6.45) is 1.12. The molecule has 0 amide bonds. The Bertz CT molecular complexity index is 422. The van der Waals surface area contributed by atoms with Gasteiger partial charge in [0.25, 0.3) is 0 Å². The first kappa shape index (κ1) is 14.0. The van der Waals surface area contributed by atoms with Crippen LogP contribution in [-0.4, -0.2) is 31.4 Å². The molecule has 1 fully saturated rings. The summed E-state index contributed by atoms with van der Waals surface area (Å²) < 4.78 is 34.0.